The SMILES string of the molecule is CCCCCC(=O)NN=C(C)c1ccc(OCC)cc1. The predicted molar refractivity (Wildman–Crippen MR) is 82.1 cm³/mol. The molecule has 0 aliphatic heterocycles. The van der Waals surface area contributed by atoms with Gasteiger partial charge in [-0.1, -0.05) is 19.8 Å². The van der Waals surface area contributed by atoms with E-state index in [9.17, 15) is 4.79 Å². The lowest BCUT2D eigenvalue weighted by molar-refractivity contribution is -0.121. The molecule has 0 saturated carbocycles. The Morgan fingerprint density at radius 2 is 1.90 bits per heavy atom. The van der Waals surface area contributed by atoms with E-state index in [0.717, 1.165) is 36.3 Å². The van der Waals surface area contributed by atoms with Crippen LogP contribution in [-0.4, -0.2) is 18.2 Å². The van der Waals surface area contributed by atoms with Gasteiger partial charge in [-0.2, -0.15) is 5.10 Å². The van der Waals surface area contributed by atoms with Crippen molar-refractivity contribution < 1.29 is 9.53 Å². The van der Waals surface area contributed by atoms with E-state index in [-0.39, 0.29) is 5.91 Å². The van der Waals surface area contributed by atoms with Gasteiger partial charge in [0.25, 0.3) is 0 Å². The zero-order valence-electron chi connectivity index (χ0n) is 12.6. The maximum Gasteiger partial charge on any atom is 0.240 e. The molecule has 1 aromatic carbocycles. The molecule has 4 heteroatoms. The molecule has 0 fully saturated rings. The van der Waals surface area contributed by atoms with E-state index >= 15 is 0 Å². The number of amides is 1. The van der Waals surface area contributed by atoms with Gasteiger partial charge in [0.05, 0.1) is 12.3 Å². The van der Waals surface area contributed by atoms with Crippen molar-refractivity contribution in [3.63, 3.8) is 0 Å². The molecule has 110 valence electrons. The first-order chi connectivity index (χ1) is 9.67. The Bertz CT molecular complexity index is 438. The van der Waals surface area contributed by atoms with Crippen LogP contribution in [0, 0.1) is 0 Å². The minimum Gasteiger partial charge on any atom is -0.494 e. The summed E-state index contributed by atoms with van der Waals surface area (Å²) in [5, 5.41) is 4.13. The van der Waals surface area contributed by atoms with Crippen LogP contribution >= 0.6 is 0 Å². The summed E-state index contributed by atoms with van der Waals surface area (Å²) >= 11 is 0. The Hall–Kier alpha value is -1.84. The minimum atomic E-state index is -0.0243. The van der Waals surface area contributed by atoms with E-state index < -0.39 is 0 Å². The summed E-state index contributed by atoms with van der Waals surface area (Å²) in [4.78, 5) is 11.6. The van der Waals surface area contributed by atoms with Crippen LogP contribution in [0.1, 0.15) is 52.0 Å². The number of rotatable bonds is 8. The third-order valence-electron chi connectivity index (χ3n) is 2.94. The molecule has 1 rings (SSSR count). The van der Waals surface area contributed by atoms with Crippen molar-refractivity contribution in [1.29, 1.82) is 0 Å². The van der Waals surface area contributed by atoms with Crippen molar-refractivity contribution in [2.24, 2.45) is 5.10 Å². The molecule has 0 aromatic heterocycles. The van der Waals surface area contributed by atoms with Crippen LogP contribution in [0.4, 0.5) is 0 Å². The summed E-state index contributed by atoms with van der Waals surface area (Å²) in [5.74, 6) is 0.816. The lowest BCUT2D eigenvalue weighted by atomic mass is 10.1. The Morgan fingerprint density at radius 1 is 1.20 bits per heavy atom. The quantitative estimate of drug-likeness (QED) is 0.449. The zero-order chi connectivity index (χ0) is 14.8. The molecule has 0 heterocycles. The van der Waals surface area contributed by atoms with E-state index in [1.807, 2.05) is 38.1 Å². The lowest BCUT2D eigenvalue weighted by Crippen LogP contribution is -2.18. The average molecular weight is 276 g/mol. The summed E-state index contributed by atoms with van der Waals surface area (Å²) in [6.45, 7) is 6.60. The zero-order valence-corrected chi connectivity index (χ0v) is 12.6. The predicted octanol–water partition coefficient (Wildman–Crippen LogP) is 3.51. The molecule has 0 aliphatic carbocycles. The molecule has 0 spiro atoms. The number of nitrogens with zero attached hydrogens (tertiary/aromatic N) is 1. The second-order valence-corrected chi connectivity index (χ2v) is 4.65. The molecule has 1 amide bonds. The number of hydrogen-bond acceptors (Lipinski definition) is 3. The van der Waals surface area contributed by atoms with Crippen LogP contribution in [0.3, 0.4) is 0 Å². The minimum absolute atomic E-state index is 0.0243. The second kappa shape index (κ2) is 9.13. The first kappa shape index (κ1) is 16.2. The van der Waals surface area contributed by atoms with Crippen molar-refractivity contribution in [3.8, 4) is 5.75 Å². The largest absolute Gasteiger partial charge is 0.494 e. The molecule has 20 heavy (non-hydrogen) atoms. The van der Waals surface area contributed by atoms with Gasteiger partial charge in [-0.25, -0.2) is 5.43 Å². The Labute approximate surface area is 121 Å². The van der Waals surface area contributed by atoms with Crippen LogP contribution in [0.15, 0.2) is 29.4 Å². The van der Waals surface area contributed by atoms with Gasteiger partial charge in [0.15, 0.2) is 0 Å². The Morgan fingerprint density at radius 3 is 2.50 bits per heavy atom. The van der Waals surface area contributed by atoms with E-state index in [2.05, 4.69) is 17.5 Å². The number of hydrazone groups is 1. The first-order valence-electron chi connectivity index (χ1n) is 7.23. The van der Waals surface area contributed by atoms with Gasteiger partial charge in [0.2, 0.25) is 5.91 Å². The number of carbonyl (C=O) groups is 1. The van der Waals surface area contributed by atoms with Gasteiger partial charge in [0, 0.05) is 6.42 Å². The van der Waals surface area contributed by atoms with Crippen molar-refractivity contribution in [2.75, 3.05) is 6.61 Å². The van der Waals surface area contributed by atoms with Crippen molar-refractivity contribution in [3.05, 3.63) is 29.8 Å². The van der Waals surface area contributed by atoms with Crippen LogP contribution in [0.2, 0.25) is 0 Å². The van der Waals surface area contributed by atoms with Gasteiger partial charge in [0.1, 0.15) is 5.75 Å². The first-order valence-corrected chi connectivity index (χ1v) is 7.23. The number of benzene rings is 1. The van der Waals surface area contributed by atoms with Crippen LogP contribution in [0.5, 0.6) is 5.75 Å². The highest BCUT2D eigenvalue weighted by Crippen LogP contribution is 2.12. The molecule has 1 aromatic rings. The molecule has 0 atom stereocenters. The van der Waals surface area contributed by atoms with Crippen molar-refractivity contribution in [2.45, 2.75) is 46.5 Å². The molecule has 4 nitrogen and oxygen atoms in total. The third kappa shape index (κ3) is 5.87. The van der Waals surface area contributed by atoms with Crippen molar-refractivity contribution >= 4 is 11.6 Å². The van der Waals surface area contributed by atoms with Crippen LogP contribution in [-0.2, 0) is 4.79 Å². The van der Waals surface area contributed by atoms with E-state index in [1.54, 1.807) is 0 Å². The fourth-order valence-corrected chi connectivity index (χ4v) is 1.76. The van der Waals surface area contributed by atoms with E-state index in [1.165, 1.54) is 0 Å². The number of nitrogens with one attached hydrogen (secondary N) is 1. The number of ether oxygens (including phenoxy) is 1. The van der Waals surface area contributed by atoms with Gasteiger partial charge in [-0.15, -0.1) is 0 Å². The maximum absolute atomic E-state index is 11.6. The van der Waals surface area contributed by atoms with Crippen molar-refractivity contribution in [1.82, 2.24) is 5.43 Å². The number of carbonyl (C=O) groups excluding carboxylic acids is 1. The number of hydrogen-bond donors (Lipinski definition) is 1. The summed E-state index contributed by atoms with van der Waals surface area (Å²) < 4.78 is 5.38. The second-order valence-electron chi connectivity index (χ2n) is 4.65. The molecule has 0 saturated heterocycles. The standard InChI is InChI=1S/C16H24N2O2/c1-4-6-7-8-16(19)18-17-13(3)14-9-11-15(12-10-14)20-5-2/h9-12H,4-8H2,1-3H3,(H,18,19). The van der Waals surface area contributed by atoms with E-state index in [0.29, 0.717) is 13.0 Å². The summed E-state index contributed by atoms with van der Waals surface area (Å²) in [5.41, 5.74) is 4.36. The molecule has 0 radical (unpaired) electrons. The average Bonchev–Trinajstić information content (AvgIpc) is 2.46. The molecule has 0 unspecified atom stereocenters. The fraction of sp³-hybridized carbons (Fsp3) is 0.500. The van der Waals surface area contributed by atoms with E-state index in [4.69, 9.17) is 4.74 Å². The highest BCUT2D eigenvalue weighted by atomic mass is 16.5. The lowest BCUT2D eigenvalue weighted by Gasteiger charge is -2.05. The molecule has 1 N–H and O–H groups in total. The van der Waals surface area contributed by atoms with Gasteiger partial charge < -0.3 is 4.74 Å². The van der Waals surface area contributed by atoms with Gasteiger partial charge in [-0.3, -0.25) is 4.79 Å². The summed E-state index contributed by atoms with van der Waals surface area (Å²) in [6, 6.07) is 7.68. The highest BCUT2D eigenvalue weighted by molar-refractivity contribution is 5.99. The third-order valence-corrected chi connectivity index (χ3v) is 2.94. The fourth-order valence-electron chi connectivity index (χ4n) is 1.76. The smallest absolute Gasteiger partial charge is 0.240 e. The van der Waals surface area contributed by atoms with Gasteiger partial charge >= 0.3 is 0 Å². The molecular formula is C16H24N2O2. The Kier molecular flexibility index (Phi) is 7.40. The number of unbranched alkanes of at least 4 members (excludes halogenated alkanes) is 2. The Balaban J connectivity index is 2.49. The normalized spacial score (nSPS) is 11.2. The van der Waals surface area contributed by atoms with Crippen LogP contribution in [0.25, 0.3) is 0 Å². The summed E-state index contributed by atoms with van der Waals surface area (Å²) in [6.07, 6.45) is 3.64. The monoisotopic (exact) mass is 276 g/mol. The molecule has 0 bridgehead atoms. The maximum atomic E-state index is 11.6. The topological polar surface area (TPSA) is 50.7 Å². The van der Waals surface area contributed by atoms with Crippen LogP contribution < -0.4 is 10.2 Å². The highest BCUT2D eigenvalue weighted by Gasteiger charge is 2.01. The molecular weight excluding hydrogens is 252 g/mol. The molecule has 0 aliphatic rings. The van der Waals surface area contributed by atoms with Gasteiger partial charge in [-0.05, 0) is 50.1 Å². The summed E-state index contributed by atoms with van der Waals surface area (Å²) in [7, 11) is 0.